The Hall–Kier alpha value is 0.177. The largest absolute Gasteiger partial charge is 0.380 e. The van der Waals surface area contributed by atoms with Gasteiger partial charge in [0.15, 0.2) is 0 Å². The van der Waals surface area contributed by atoms with E-state index in [1.807, 2.05) is 0 Å². The third-order valence-corrected chi connectivity index (χ3v) is 7.90. The van der Waals surface area contributed by atoms with Gasteiger partial charge < -0.3 is 4.74 Å². The van der Waals surface area contributed by atoms with E-state index in [1.165, 1.54) is 152 Å². The molecule has 1 unspecified atom stereocenters. The smallest absolute Gasteiger partial charge is 0.0486 e. The quantitative estimate of drug-likeness (QED) is 0.161. The molecule has 1 atom stereocenters. The highest BCUT2D eigenvalue weighted by Crippen LogP contribution is 2.27. The maximum atomic E-state index is 6.06. The molecule has 1 nitrogen and oxygen atoms in total. The minimum Gasteiger partial charge on any atom is -0.380 e. The van der Waals surface area contributed by atoms with Crippen LogP contribution >= 0.6 is 0 Å². The first-order chi connectivity index (χ1) is 13.3. The van der Waals surface area contributed by atoms with Gasteiger partial charge in [-0.25, -0.2) is 0 Å². The monoisotopic (exact) mass is 396 g/mol. The lowest BCUT2D eigenvalue weighted by atomic mass is 10.0. The fourth-order valence-electron chi connectivity index (χ4n) is 4.59. The van der Waals surface area contributed by atoms with Crippen LogP contribution in [-0.4, -0.2) is 22.1 Å². The van der Waals surface area contributed by atoms with Crippen LogP contribution in [0.25, 0.3) is 0 Å². The number of hydrogen-bond acceptors (Lipinski definition) is 1. The molecule has 2 heteroatoms. The lowest BCUT2D eigenvalue weighted by molar-refractivity contribution is -0.0240. The molecule has 0 N–H and O–H groups in total. The number of rotatable bonds is 19. The molecule has 0 spiro atoms. The van der Waals surface area contributed by atoms with E-state index in [-0.39, 0.29) is 0 Å². The van der Waals surface area contributed by atoms with Gasteiger partial charge in [0.1, 0.15) is 0 Å². The minimum absolute atomic E-state index is 0.354. The van der Waals surface area contributed by atoms with Crippen LogP contribution in [0.4, 0.5) is 0 Å². The summed E-state index contributed by atoms with van der Waals surface area (Å²) in [5.74, 6) is 0. The van der Waals surface area contributed by atoms with Gasteiger partial charge in [-0.2, -0.15) is 0 Å². The van der Waals surface area contributed by atoms with Gasteiger partial charge in [0.25, 0.3) is 0 Å². The van der Waals surface area contributed by atoms with Crippen LogP contribution in [0.1, 0.15) is 148 Å². The second-order valence-electron chi connectivity index (χ2n) is 9.52. The Morgan fingerprint density at radius 3 is 1.37 bits per heavy atom. The molecule has 1 aliphatic rings. The van der Waals surface area contributed by atoms with E-state index < -0.39 is 0 Å². The van der Waals surface area contributed by atoms with Gasteiger partial charge >= 0.3 is 0 Å². The molecular formula is C25H52OSi. The van der Waals surface area contributed by atoms with Gasteiger partial charge in [0.05, 0.1) is 0 Å². The molecular weight excluding hydrogens is 344 g/mol. The molecule has 1 heterocycles. The Kier molecular flexibility index (Phi) is 17.0. The van der Waals surface area contributed by atoms with Gasteiger partial charge in [0, 0.05) is 22.1 Å². The van der Waals surface area contributed by atoms with Crippen molar-refractivity contribution in [2.24, 2.45) is 0 Å². The third kappa shape index (κ3) is 15.7. The van der Waals surface area contributed by atoms with Gasteiger partial charge in [-0.1, -0.05) is 122 Å². The molecule has 0 aromatic carbocycles. The Balaban J connectivity index is 1.70. The van der Waals surface area contributed by atoms with E-state index in [0.717, 1.165) is 6.61 Å². The molecule has 0 bridgehead atoms. The average molecular weight is 397 g/mol. The molecule has 1 saturated heterocycles. The second kappa shape index (κ2) is 18.2. The zero-order valence-electron chi connectivity index (χ0n) is 19.2. The van der Waals surface area contributed by atoms with Crippen LogP contribution in [-0.2, 0) is 4.74 Å². The highest BCUT2D eigenvalue weighted by atomic mass is 28.1. The Morgan fingerprint density at radius 1 is 0.593 bits per heavy atom. The summed E-state index contributed by atoms with van der Waals surface area (Å²) in [6.07, 6.45) is 31.7. The zero-order valence-corrected chi connectivity index (χ0v) is 21.2. The molecule has 0 aromatic heterocycles. The van der Waals surface area contributed by atoms with Crippen LogP contribution in [0.2, 0.25) is 0 Å². The van der Waals surface area contributed by atoms with E-state index >= 15 is 0 Å². The van der Waals surface area contributed by atoms with Crippen molar-refractivity contribution in [3.63, 3.8) is 0 Å². The van der Waals surface area contributed by atoms with Crippen molar-refractivity contribution in [2.75, 3.05) is 6.61 Å². The molecule has 0 aliphatic carbocycles. The van der Waals surface area contributed by atoms with Crippen LogP contribution in [0.5, 0.6) is 0 Å². The summed E-state index contributed by atoms with van der Waals surface area (Å²) in [6.45, 7) is 3.33. The van der Waals surface area contributed by atoms with Crippen molar-refractivity contribution in [1.82, 2.24) is 0 Å². The molecule has 0 saturated carbocycles. The standard InChI is InChI=1S/C25H52OSi/c1-2-3-4-5-6-7-8-9-10-11-12-13-14-15-16-17-18-19-22-25(27)23-20-21-24-26-25/h2-24H2,1,27H3. The Morgan fingerprint density at radius 2 is 1.00 bits per heavy atom. The molecule has 162 valence electrons. The molecule has 1 rings (SSSR count). The number of ether oxygens (including phenoxy) is 1. The fraction of sp³-hybridized carbons (Fsp3) is 1.00. The van der Waals surface area contributed by atoms with Crippen LogP contribution in [0, 0.1) is 0 Å². The maximum Gasteiger partial charge on any atom is 0.0486 e. The maximum absolute atomic E-state index is 6.06. The first kappa shape index (κ1) is 25.2. The minimum atomic E-state index is 0.354. The molecule has 0 radical (unpaired) electrons. The highest BCUT2D eigenvalue weighted by Gasteiger charge is 2.26. The summed E-state index contributed by atoms with van der Waals surface area (Å²) in [6, 6.07) is 0. The van der Waals surface area contributed by atoms with E-state index in [4.69, 9.17) is 4.74 Å². The van der Waals surface area contributed by atoms with E-state index in [0.29, 0.717) is 5.22 Å². The summed E-state index contributed by atoms with van der Waals surface area (Å²) in [7, 11) is 1.23. The molecule has 1 fully saturated rings. The lowest BCUT2D eigenvalue weighted by Crippen LogP contribution is -2.36. The van der Waals surface area contributed by atoms with Crippen molar-refractivity contribution >= 4 is 10.2 Å². The molecule has 1 aliphatic heterocycles. The van der Waals surface area contributed by atoms with E-state index in [2.05, 4.69) is 6.92 Å². The zero-order chi connectivity index (χ0) is 19.5. The second-order valence-corrected chi connectivity index (χ2v) is 11.3. The fourth-order valence-corrected chi connectivity index (χ4v) is 5.50. The highest BCUT2D eigenvalue weighted by molar-refractivity contribution is 6.14. The Bertz CT molecular complexity index is 299. The number of unbranched alkanes of at least 4 members (excludes halogenated alkanes) is 17. The summed E-state index contributed by atoms with van der Waals surface area (Å²) in [5.41, 5.74) is 0. The predicted octanol–water partition coefficient (Wildman–Crippen LogP) is 7.68. The number of hydrogen-bond donors (Lipinski definition) is 0. The summed E-state index contributed by atoms with van der Waals surface area (Å²) >= 11 is 0. The molecule has 0 amide bonds. The average Bonchev–Trinajstić information content (AvgIpc) is 2.67. The van der Waals surface area contributed by atoms with Crippen LogP contribution in [0.3, 0.4) is 0 Å². The van der Waals surface area contributed by atoms with Gasteiger partial charge in [-0.15, -0.1) is 0 Å². The van der Waals surface area contributed by atoms with E-state index in [1.54, 1.807) is 0 Å². The Labute approximate surface area is 175 Å². The van der Waals surface area contributed by atoms with Crippen molar-refractivity contribution in [1.29, 1.82) is 0 Å². The third-order valence-electron chi connectivity index (χ3n) is 6.61. The van der Waals surface area contributed by atoms with Gasteiger partial charge in [0.2, 0.25) is 0 Å². The SMILES string of the molecule is CCCCCCCCCCCCCCCCCCCCC1([SiH3])CCCCO1. The summed E-state index contributed by atoms with van der Waals surface area (Å²) < 4.78 is 6.06. The lowest BCUT2D eigenvalue weighted by Gasteiger charge is -2.34. The van der Waals surface area contributed by atoms with Crippen LogP contribution < -0.4 is 0 Å². The normalized spacial score (nSPS) is 20.3. The van der Waals surface area contributed by atoms with Crippen molar-refractivity contribution < 1.29 is 4.74 Å². The van der Waals surface area contributed by atoms with Crippen molar-refractivity contribution in [3.8, 4) is 0 Å². The van der Waals surface area contributed by atoms with Crippen molar-refractivity contribution in [2.45, 2.75) is 153 Å². The molecule has 27 heavy (non-hydrogen) atoms. The first-order valence-corrected chi connectivity index (χ1v) is 13.9. The van der Waals surface area contributed by atoms with Crippen LogP contribution in [0.15, 0.2) is 0 Å². The summed E-state index contributed by atoms with van der Waals surface area (Å²) in [5, 5.41) is 0.354. The topological polar surface area (TPSA) is 9.23 Å². The summed E-state index contributed by atoms with van der Waals surface area (Å²) in [4.78, 5) is 0. The van der Waals surface area contributed by atoms with E-state index in [9.17, 15) is 0 Å². The molecule has 0 aromatic rings. The van der Waals surface area contributed by atoms with Gasteiger partial charge in [-0.05, 0) is 25.7 Å². The first-order valence-electron chi connectivity index (χ1n) is 12.9. The predicted molar refractivity (Wildman–Crippen MR) is 126 cm³/mol. The van der Waals surface area contributed by atoms with Gasteiger partial charge in [-0.3, -0.25) is 0 Å². The van der Waals surface area contributed by atoms with Crippen molar-refractivity contribution in [3.05, 3.63) is 0 Å².